The molecule has 208 valence electrons. The minimum absolute atomic E-state index is 0.0298. The molecule has 0 aromatic heterocycles. The highest BCUT2D eigenvalue weighted by Crippen LogP contribution is 2.38. The molecule has 0 fully saturated rings. The predicted molar refractivity (Wildman–Crippen MR) is 143 cm³/mol. The van der Waals surface area contributed by atoms with E-state index in [-0.39, 0.29) is 22.8 Å². The number of sulfonamides is 1. The summed E-state index contributed by atoms with van der Waals surface area (Å²) in [5.74, 6) is 1.03. The van der Waals surface area contributed by atoms with Gasteiger partial charge >= 0.3 is 0 Å². The highest BCUT2D eigenvalue weighted by atomic mass is 32.2. The Morgan fingerprint density at radius 3 is 2.05 bits per heavy atom. The van der Waals surface area contributed by atoms with Crippen molar-refractivity contribution in [2.75, 3.05) is 39.3 Å². The zero-order chi connectivity index (χ0) is 28.7. The summed E-state index contributed by atoms with van der Waals surface area (Å²) in [7, 11) is 1.48. The van der Waals surface area contributed by atoms with E-state index < -0.39 is 27.4 Å². The lowest BCUT2D eigenvalue weighted by Crippen LogP contribution is -2.40. The molecule has 0 saturated heterocycles. The van der Waals surface area contributed by atoms with Crippen molar-refractivity contribution in [3.8, 4) is 23.0 Å². The molecule has 3 aromatic carbocycles. The first-order valence-corrected chi connectivity index (χ1v) is 13.0. The van der Waals surface area contributed by atoms with Crippen LogP contribution in [0.15, 0.2) is 59.5 Å². The van der Waals surface area contributed by atoms with Gasteiger partial charge < -0.3 is 24.3 Å². The summed E-state index contributed by atoms with van der Waals surface area (Å²) in [4.78, 5) is 23.5. The van der Waals surface area contributed by atoms with Crippen LogP contribution in [0, 0.1) is 17.0 Å². The molecular weight excluding hydrogens is 530 g/mol. The van der Waals surface area contributed by atoms with Gasteiger partial charge in [-0.25, -0.2) is 8.42 Å². The fraction of sp³-hybridized carbons (Fsp3) is 0.269. The van der Waals surface area contributed by atoms with Crippen molar-refractivity contribution in [1.82, 2.24) is 5.32 Å². The standard InChI is InChI=1S/C26H29N3O9S/c1-17-6-11-21(14-22(17)29(31)32)39(33,34)28(19-7-9-20(35-2)10-8-19)16-25(30)27-15-18-12-23(36-3)26(38-5)24(13-18)37-4/h6-14H,15-16H2,1-5H3,(H,27,30). The van der Waals surface area contributed by atoms with Crippen LogP contribution < -0.4 is 28.6 Å². The van der Waals surface area contributed by atoms with Crippen molar-refractivity contribution < 1.29 is 37.1 Å². The fourth-order valence-corrected chi connectivity index (χ4v) is 5.20. The summed E-state index contributed by atoms with van der Waals surface area (Å²) < 4.78 is 49.3. The van der Waals surface area contributed by atoms with Crippen molar-refractivity contribution in [1.29, 1.82) is 0 Å². The summed E-state index contributed by atoms with van der Waals surface area (Å²) in [6.45, 7) is 0.940. The molecule has 13 heteroatoms. The number of benzene rings is 3. The lowest BCUT2D eigenvalue weighted by atomic mass is 10.1. The molecule has 0 aliphatic carbocycles. The largest absolute Gasteiger partial charge is 0.497 e. The number of methoxy groups -OCH3 is 4. The number of amides is 1. The molecule has 0 aliphatic heterocycles. The Morgan fingerprint density at radius 1 is 0.923 bits per heavy atom. The van der Waals surface area contributed by atoms with Crippen LogP contribution in [0.1, 0.15) is 11.1 Å². The van der Waals surface area contributed by atoms with Crippen LogP contribution >= 0.6 is 0 Å². The van der Waals surface area contributed by atoms with E-state index in [1.165, 1.54) is 59.6 Å². The molecule has 3 aromatic rings. The molecule has 1 N–H and O–H groups in total. The van der Waals surface area contributed by atoms with Gasteiger partial charge in [0.05, 0.1) is 43.9 Å². The number of hydrogen-bond donors (Lipinski definition) is 1. The van der Waals surface area contributed by atoms with Gasteiger partial charge in [0, 0.05) is 18.2 Å². The molecule has 0 spiro atoms. The number of ether oxygens (including phenoxy) is 4. The predicted octanol–water partition coefficient (Wildman–Crippen LogP) is 3.45. The van der Waals surface area contributed by atoms with E-state index in [4.69, 9.17) is 18.9 Å². The van der Waals surface area contributed by atoms with Crippen molar-refractivity contribution >= 4 is 27.3 Å². The molecule has 0 saturated carbocycles. The Morgan fingerprint density at radius 2 is 1.54 bits per heavy atom. The van der Waals surface area contributed by atoms with Crippen LogP contribution in [-0.4, -0.2) is 54.2 Å². The average molecular weight is 560 g/mol. The number of nitrogens with one attached hydrogen (secondary N) is 1. The summed E-state index contributed by atoms with van der Waals surface area (Å²) in [5, 5.41) is 14.1. The van der Waals surface area contributed by atoms with E-state index >= 15 is 0 Å². The molecule has 1 amide bonds. The molecule has 0 aliphatic rings. The van der Waals surface area contributed by atoms with Gasteiger partial charge in [0.15, 0.2) is 11.5 Å². The molecule has 0 heterocycles. The number of carbonyl (C=O) groups is 1. The highest BCUT2D eigenvalue weighted by Gasteiger charge is 2.29. The zero-order valence-electron chi connectivity index (χ0n) is 22.1. The quantitative estimate of drug-likeness (QED) is 0.260. The van der Waals surface area contributed by atoms with Crippen LogP contribution in [0.2, 0.25) is 0 Å². The van der Waals surface area contributed by atoms with Gasteiger partial charge in [0.25, 0.3) is 15.7 Å². The third kappa shape index (κ3) is 6.49. The minimum atomic E-state index is -4.38. The molecule has 12 nitrogen and oxygen atoms in total. The molecular formula is C26H29N3O9S. The number of nitro benzene ring substituents is 1. The Hall–Kier alpha value is -4.52. The first kappa shape index (κ1) is 29.0. The first-order chi connectivity index (χ1) is 18.5. The number of carbonyl (C=O) groups excluding carboxylic acids is 1. The Labute approximate surface area is 226 Å². The maximum atomic E-state index is 13.7. The smallest absolute Gasteiger partial charge is 0.273 e. The second-order valence-electron chi connectivity index (χ2n) is 8.23. The lowest BCUT2D eigenvalue weighted by Gasteiger charge is -2.24. The maximum Gasteiger partial charge on any atom is 0.273 e. The summed E-state index contributed by atoms with van der Waals surface area (Å²) >= 11 is 0. The average Bonchev–Trinajstić information content (AvgIpc) is 2.94. The number of hydrogen-bond acceptors (Lipinski definition) is 9. The number of anilines is 1. The number of rotatable bonds is 12. The van der Waals surface area contributed by atoms with Crippen molar-refractivity contribution in [2.24, 2.45) is 0 Å². The maximum absolute atomic E-state index is 13.7. The van der Waals surface area contributed by atoms with Gasteiger partial charge in [-0.2, -0.15) is 0 Å². The van der Waals surface area contributed by atoms with Gasteiger partial charge in [0.1, 0.15) is 12.3 Å². The van der Waals surface area contributed by atoms with Crippen molar-refractivity contribution in [3.05, 3.63) is 75.8 Å². The highest BCUT2D eigenvalue weighted by molar-refractivity contribution is 7.92. The van der Waals surface area contributed by atoms with Crippen molar-refractivity contribution in [2.45, 2.75) is 18.4 Å². The molecule has 3 rings (SSSR count). The summed E-state index contributed by atoms with van der Waals surface area (Å²) in [5.41, 5.74) is 0.739. The third-order valence-corrected chi connectivity index (χ3v) is 7.60. The monoisotopic (exact) mass is 559 g/mol. The van der Waals surface area contributed by atoms with E-state index in [0.29, 0.717) is 34.1 Å². The molecule has 0 atom stereocenters. The number of aryl methyl sites for hydroxylation is 1. The lowest BCUT2D eigenvalue weighted by molar-refractivity contribution is -0.385. The van der Waals surface area contributed by atoms with Crippen molar-refractivity contribution in [3.63, 3.8) is 0 Å². The zero-order valence-corrected chi connectivity index (χ0v) is 22.9. The van der Waals surface area contributed by atoms with E-state index in [1.807, 2.05) is 0 Å². The normalized spacial score (nSPS) is 10.9. The van der Waals surface area contributed by atoms with Crippen LogP contribution in [0.25, 0.3) is 0 Å². The van der Waals surface area contributed by atoms with Crippen LogP contribution in [0.3, 0.4) is 0 Å². The number of nitro groups is 1. The van der Waals surface area contributed by atoms with Gasteiger partial charge in [0.2, 0.25) is 11.7 Å². The SMILES string of the molecule is COc1ccc(N(CC(=O)NCc2cc(OC)c(OC)c(OC)c2)S(=O)(=O)c2ccc(C)c([N+](=O)[O-])c2)cc1. The Kier molecular flexibility index (Phi) is 9.20. The third-order valence-electron chi connectivity index (χ3n) is 5.83. The van der Waals surface area contributed by atoms with E-state index in [0.717, 1.165) is 10.4 Å². The van der Waals surface area contributed by atoms with E-state index in [9.17, 15) is 23.3 Å². The Bertz CT molecular complexity index is 1430. The van der Waals surface area contributed by atoms with Crippen LogP contribution in [0.5, 0.6) is 23.0 Å². The molecule has 0 radical (unpaired) electrons. The summed E-state index contributed by atoms with van der Waals surface area (Å²) in [6.07, 6.45) is 0. The summed E-state index contributed by atoms with van der Waals surface area (Å²) in [6, 6.07) is 13.0. The van der Waals surface area contributed by atoms with Gasteiger partial charge in [-0.05, 0) is 55.0 Å². The topological polar surface area (TPSA) is 147 Å². The number of nitrogens with zero attached hydrogens (tertiary/aromatic N) is 2. The molecule has 0 unspecified atom stereocenters. The van der Waals surface area contributed by atoms with Gasteiger partial charge in [-0.3, -0.25) is 19.2 Å². The fourth-order valence-electron chi connectivity index (χ4n) is 3.76. The van der Waals surface area contributed by atoms with E-state index in [1.54, 1.807) is 24.3 Å². The Balaban J connectivity index is 1.93. The second-order valence-corrected chi connectivity index (χ2v) is 10.1. The van der Waals surface area contributed by atoms with Crippen LogP contribution in [0.4, 0.5) is 11.4 Å². The molecule has 39 heavy (non-hydrogen) atoms. The first-order valence-electron chi connectivity index (χ1n) is 11.5. The van der Waals surface area contributed by atoms with E-state index in [2.05, 4.69) is 5.32 Å². The molecule has 0 bridgehead atoms. The van der Waals surface area contributed by atoms with Gasteiger partial charge in [-0.1, -0.05) is 6.07 Å². The second kappa shape index (κ2) is 12.3. The minimum Gasteiger partial charge on any atom is -0.497 e. The van der Waals surface area contributed by atoms with Gasteiger partial charge in [-0.15, -0.1) is 0 Å². The van der Waals surface area contributed by atoms with Crippen LogP contribution in [-0.2, 0) is 21.4 Å².